The number of thiocarbonyl (C=S) groups is 1. The van der Waals surface area contributed by atoms with Gasteiger partial charge in [-0.15, -0.1) is 5.10 Å². The molecular weight excluding hydrogens is 1390 g/mol. The van der Waals surface area contributed by atoms with Crippen molar-refractivity contribution in [3.63, 3.8) is 0 Å². The third kappa shape index (κ3) is 32.0. The summed E-state index contributed by atoms with van der Waals surface area (Å²) in [5.74, 6) is -7.63. The van der Waals surface area contributed by atoms with E-state index in [0.717, 1.165) is 26.9 Å². The molecule has 97 heavy (non-hydrogen) atoms. The molecule has 530 valence electrons. The fourth-order valence-corrected chi connectivity index (χ4v) is 11.3. The molecule has 4 aromatic rings. The highest BCUT2D eigenvalue weighted by molar-refractivity contribution is 14.1. The van der Waals surface area contributed by atoms with Crippen molar-refractivity contribution in [3.8, 4) is 11.3 Å². The molecule has 1 saturated heterocycles. The van der Waals surface area contributed by atoms with Crippen LogP contribution in [0.2, 0.25) is 0 Å². The molecule has 1 aromatic heterocycles. The smallest absolute Gasteiger partial charge is 0.326 e. The largest absolute Gasteiger partial charge is 0.481 e. The van der Waals surface area contributed by atoms with Crippen molar-refractivity contribution >= 4 is 111 Å². The number of rotatable bonds is 39. The maximum Gasteiger partial charge on any atom is 0.326 e. The maximum atomic E-state index is 14.2. The molecule has 1 unspecified atom stereocenters. The Hall–Kier alpha value is -8.44. The predicted molar refractivity (Wildman–Crippen MR) is 374 cm³/mol. The number of hydrogen-bond acceptors (Lipinski definition) is 17. The number of anilines is 2. The second-order valence-electron chi connectivity index (χ2n) is 24.0. The van der Waals surface area contributed by atoms with Gasteiger partial charge in [-0.05, 0) is 161 Å². The van der Waals surface area contributed by atoms with Crippen LogP contribution in [0.4, 0.5) is 21.0 Å². The number of hydrogen-bond donors (Lipinski definition) is 13. The van der Waals surface area contributed by atoms with E-state index in [9.17, 15) is 68.4 Å². The number of aromatic nitrogens is 3. The molecule has 1 aliphatic heterocycles. The van der Waals surface area contributed by atoms with Gasteiger partial charge in [0, 0.05) is 111 Å². The Kier molecular flexibility index (Phi) is 35.1. The summed E-state index contributed by atoms with van der Waals surface area (Å²) in [6.45, 7) is 4.18. The van der Waals surface area contributed by atoms with Crippen LogP contribution in [0.25, 0.3) is 11.3 Å². The van der Waals surface area contributed by atoms with Gasteiger partial charge in [-0.25, -0.2) is 19.1 Å². The van der Waals surface area contributed by atoms with Gasteiger partial charge in [-0.2, -0.15) is 0 Å². The molecule has 3 aromatic carbocycles. The van der Waals surface area contributed by atoms with E-state index in [-0.39, 0.29) is 89.6 Å². The van der Waals surface area contributed by atoms with E-state index in [1.54, 1.807) is 24.3 Å². The lowest BCUT2D eigenvalue weighted by Gasteiger charge is -2.36. The first-order chi connectivity index (χ1) is 46.4. The van der Waals surface area contributed by atoms with Crippen molar-refractivity contribution in [2.45, 2.75) is 115 Å². The quantitative estimate of drug-likeness (QED) is 0.0171. The number of carboxylic acids is 5. The Balaban J connectivity index is 1.16. The van der Waals surface area contributed by atoms with E-state index in [2.05, 4.69) is 85.2 Å². The standard InChI is InChI=1S/C65H92IN15O15S/c1-77-29-31-78(2)51(40-80(43-60(89)90)34-33-79(32-30-77)42-59(87)88)35-44-19-23-49(24-20-44)73-65(97)70-27-8-4-14-52(55(82)38-47(61(91)92)11-3-6-25-67-56(83)36-45-17-21-48(66)22-18-45)74-57(84)41-81-54(39-71-76-81)46-12-9-13-50(37-46)72-63(95)68-26-7-5-15-53(62(93)94)75-64(96)69-28-10-16-58(85)86/h9,12-13,17-24,37,39,47,51-53H,3-8,10-11,14-16,25-36,38,40-43H2,1-2H3,(H,67,83)(H,74,84)(H,85,86)(H,87,88)(H,89,90)(H,91,92)(H,93,94)(H2,68,72,95)(H2,69,75,96)(H2,70,73,97)/t47-,51?,52+,53+/m1/s1. The summed E-state index contributed by atoms with van der Waals surface area (Å²) in [5.41, 5.74) is 3.89. The molecule has 1 fully saturated rings. The number of benzene rings is 3. The minimum absolute atomic E-state index is 0.0524. The molecular formula is C65H92IN15O15S. The fourth-order valence-electron chi connectivity index (χ4n) is 10.7. The van der Waals surface area contributed by atoms with Crippen molar-refractivity contribution in [2.24, 2.45) is 5.92 Å². The first-order valence-corrected chi connectivity index (χ1v) is 33.9. The zero-order chi connectivity index (χ0) is 70.7. The lowest BCUT2D eigenvalue weighted by Crippen LogP contribution is -2.50. The molecule has 0 aliphatic carbocycles. The third-order valence-electron chi connectivity index (χ3n) is 16.2. The maximum absolute atomic E-state index is 14.2. The number of nitrogens with zero attached hydrogens (tertiary/aromatic N) is 7. The zero-order valence-electron chi connectivity index (χ0n) is 54.8. The van der Waals surface area contributed by atoms with E-state index in [4.69, 9.17) is 17.3 Å². The third-order valence-corrected chi connectivity index (χ3v) is 17.1. The summed E-state index contributed by atoms with van der Waals surface area (Å²) in [6, 6.07) is 18.4. The number of urea groups is 2. The lowest BCUT2D eigenvalue weighted by molar-refractivity contribution is -0.144. The van der Waals surface area contributed by atoms with E-state index in [1.807, 2.05) is 72.4 Å². The normalized spacial score (nSPS) is 15.2. The molecule has 5 rings (SSSR count). The van der Waals surface area contributed by atoms with Gasteiger partial charge in [-0.1, -0.05) is 48.0 Å². The first kappa shape index (κ1) is 79.3. The van der Waals surface area contributed by atoms with Gasteiger partial charge in [0.25, 0.3) is 0 Å². The number of ketones is 1. The Labute approximate surface area is 582 Å². The second-order valence-corrected chi connectivity index (χ2v) is 25.7. The molecule has 6 amide bonds. The van der Waals surface area contributed by atoms with E-state index >= 15 is 0 Å². The van der Waals surface area contributed by atoms with Crippen molar-refractivity contribution in [2.75, 3.05) is 110 Å². The van der Waals surface area contributed by atoms with E-state index in [0.29, 0.717) is 119 Å². The molecule has 0 radical (unpaired) electrons. The molecule has 13 N–H and O–H groups in total. The summed E-state index contributed by atoms with van der Waals surface area (Å²) in [6.07, 6.45) is 4.83. The van der Waals surface area contributed by atoms with Gasteiger partial charge in [0.15, 0.2) is 10.9 Å². The number of carbonyl (C=O) groups is 10. The van der Waals surface area contributed by atoms with Crippen LogP contribution in [0.5, 0.6) is 0 Å². The molecule has 0 saturated carbocycles. The fraction of sp³-hybridized carbons (Fsp3) is 0.523. The lowest BCUT2D eigenvalue weighted by atomic mass is 9.92. The predicted octanol–water partition coefficient (Wildman–Crippen LogP) is 3.85. The molecule has 30 nitrogen and oxygen atoms in total. The zero-order valence-corrected chi connectivity index (χ0v) is 57.8. The van der Waals surface area contributed by atoms with E-state index < -0.39 is 71.6 Å². The van der Waals surface area contributed by atoms with Crippen molar-refractivity contribution in [1.29, 1.82) is 0 Å². The minimum atomic E-state index is -1.25. The van der Waals surface area contributed by atoms with Crippen LogP contribution in [-0.4, -0.2) is 242 Å². The monoisotopic (exact) mass is 1480 g/mol. The van der Waals surface area contributed by atoms with Gasteiger partial charge < -0.3 is 77.9 Å². The van der Waals surface area contributed by atoms with Gasteiger partial charge in [0.2, 0.25) is 11.8 Å². The Morgan fingerprint density at radius 1 is 0.588 bits per heavy atom. The van der Waals surface area contributed by atoms with Crippen LogP contribution in [-0.2, 0) is 57.7 Å². The number of halogens is 1. The number of carbonyl (C=O) groups excluding carboxylic acids is 5. The number of Topliss-reactive ketones (excluding diaryl/α,β-unsaturated/α-hetero) is 1. The number of aliphatic carboxylic acids is 5. The SMILES string of the molecule is CN1CCN(CC(=O)O)CCN(CC(=O)O)CC(Cc2ccc(NC(=S)NCCCC[C@H](NC(=O)Cn3nncc3-c3cccc(NC(=O)NCCCC[C@H](NC(=O)NCCCC(=O)O)C(=O)O)c3)C(=O)C[C@@H](CCCCNC(=O)Cc3ccc(I)cc3)C(=O)O)cc2)N(C)CC1. The summed E-state index contributed by atoms with van der Waals surface area (Å²) in [5, 5.41) is 78.7. The van der Waals surface area contributed by atoms with Crippen molar-refractivity contribution < 1.29 is 73.5 Å². The van der Waals surface area contributed by atoms with Gasteiger partial charge in [0.05, 0.1) is 43.4 Å². The molecule has 2 heterocycles. The highest BCUT2D eigenvalue weighted by atomic mass is 127. The summed E-state index contributed by atoms with van der Waals surface area (Å²) >= 11 is 7.84. The van der Waals surface area contributed by atoms with Crippen LogP contribution in [0.3, 0.4) is 0 Å². The minimum Gasteiger partial charge on any atom is -0.481 e. The molecule has 0 spiro atoms. The van der Waals surface area contributed by atoms with Crippen LogP contribution < -0.4 is 42.5 Å². The topological polar surface area (TPSA) is 412 Å². The summed E-state index contributed by atoms with van der Waals surface area (Å²) in [4.78, 5) is 132. The Morgan fingerprint density at radius 2 is 1.20 bits per heavy atom. The van der Waals surface area contributed by atoms with Crippen LogP contribution >= 0.6 is 34.8 Å². The number of carboxylic acid groups (broad SMARTS) is 5. The second kappa shape index (κ2) is 43.0. The highest BCUT2D eigenvalue weighted by Gasteiger charge is 2.29. The number of likely N-dealkylation sites (N-methyl/N-ethyl adjacent to an activating group) is 2. The number of unbranched alkanes of at least 4 members (excludes halogenated alkanes) is 3. The average molecular weight is 1480 g/mol. The number of nitrogens with one attached hydrogen (secondary N) is 8. The summed E-state index contributed by atoms with van der Waals surface area (Å²) < 4.78 is 2.37. The van der Waals surface area contributed by atoms with E-state index in [1.165, 1.54) is 10.9 Å². The van der Waals surface area contributed by atoms with Crippen LogP contribution in [0.15, 0.2) is 79.0 Å². The van der Waals surface area contributed by atoms with Gasteiger partial charge in [0.1, 0.15) is 12.6 Å². The van der Waals surface area contributed by atoms with Crippen LogP contribution in [0, 0.1) is 9.49 Å². The molecule has 4 atom stereocenters. The average Bonchev–Trinajstić information content (AvgIpc) is 1.88. The molecule has 0 bridgehead atoms. The number of amides is 6. The summed E-state index contributed by atoms with van der Waals surface area (Å²) in [7, 11) is 4.03. The van der Waals surface area contributed by atoms with Crippen molar-refractivity contribution in [3.05, 3.63) is 93.7 Å². The Morgan fingerprint density at radius 3 is 1.88 bits per heavy atom. The van der Waals surface area contributed by atoms with Gasteiger partial charge in [-0.3, -0.25) is 43.4 Å². The van der Waals surface area contributed by atoms with Gasteiger partial charge >= 0.3 is 41.9 Å². The van der Waals surface area contributed by atoms with Crippen molar-refractivity contribution in [1.82, 2.24) is 66.5 Å². The van der Waals surface area contributed by atoms with Crippen LogP contribution in [0.1, 0.15) is 88.2 Å². The Bertz CT molecular complexity index is 3240. The molecule has 1 aliphatic rings. The first-order valence-electron chi connectivity index (χ1n) is 32.4. The highest BCUT2D eigenvalue weighted by Crippen LogP contribution is 2.23. The molecule has 32 heteroatoms.